The van der Waals surface area contributed by atoms with Crippen molar-refractivity contribution in [2.45, 2.75) is 12.6 Å². The van der Waals surface area contributed by atoms with Gasteiger partial charge in [0, 0.05) is 11.6 Å². The third kappa shape index (κ3) is 5.87. The summed E-state index contributed by atoms with van der Waals surface area (Å²) in [5.41, 5.74) is 5.44. The number of primary amides is 1. The van der Waals surface area contributed by atoms with E-state index in [9.17, 15) is 22.8 Å². The van der Waals surface area contributed by atoms with Crippen LogP contribution in [0.3, 0.4) is 0 Å². The van der Waals surface area contributed by atoms with Crippen molar-refractivity contribution in [2.75, 3.05) is 11.9 Å². The van der Waals surface area contributed by atoms with Crippen molar-refractivity contribution in [1.29, 1.82) is 0 Å². The van der Waals surface area contributed by atoms with Crippen LogP contribution in [0.1, 0.15) is 16.1 Å². The van der Waals surface area contributed by atoms with Gasteiger partial charge in [-0.25, -0.2) is 9.97 Å². The molecule has 2 heterocycles. The van der Waals surface area contributed by atoms with Gasteiger partial charge < -0.3 is 10.5 Å². The summed E-state index contributed by atoms with van der Waals surface area (Å²) >= 11 is 6.85. The molecule has 0 aliphatic carbocycles. The maximum Gasteiger partial charge on any atom is 0.422 e. The highest BCUT2D eigenvalue weighted by Gasteiger charge is 2.29. The van der Waals surface area contributed by atoms with E-state index in [1.54, 1.807) is 5.38 Å². The fourth-order valence-electron chi connectivity index (χ4n) is 1.60. The molecule has 0 fully saturated rings. The van der Waals surface area contributed by atoms with E-state index in [1.807, 2.05) is 0 Å². The first-order valence-corrected chi connectivity index (χ1v) is 7.79. The molecule has 0 saturated carbocycles. The zero-order chi connectivity index (χ0) is 18.6. The number of hydrogen-bond donors (Lipinski definition) is 2. The lowest BCUT2D eigenvalue weighted by atomic mass is 10.2. The number of alkyl halides is 3. The molecule has 2 rings (SSSR count). The first-order valence-electron chi connectivity index (χ1n) is 6.53. The maximum absolute atomic E-state index is 12.1. The molecule has 0 aliphatic rings. The Balaban J connectivity index is 2.03. The van der Waals surface area contributed by atoms with E-state index in [0.717, 1.165) is 23.6 Å². The van der Waals surface area contributed by atoms with Crippen LogP contribution in [0, 0.1) is 0 Å². The third-order valence-electron chi connectivity index (χ3n) is 2.57. The molecular formula is C13H10ClF3N4O3S. The summed E-state index contributed by atoms with van der Waals surface area (Å²) in [7, 11) is 0. The van der Waals surface area contributed by atoms with Gasteiger partial charge in [0.2, 0.25) is 11.8 Å². The standard InChI is InChI=1S/C13H10ClF3N4O3S/c14-8-1-6(3-19-11(8)24-5-13(15,16)17)10(23)21-12-20-7(4-25-12)2-9(18)22/h1,3-4H,2,5H2,(H2,18,22)(H,20,21,23). The Bertz CT molecular complexity index is 797. The highest BCUT2D eigenvalue weighted by Crippen LogP contribution is 2.25. The Morgan fingerprint density at radius 2 is 2.12 bits per heavy atom. The number of pyridine rings is 1. The largest absolute Gasteiger partial charge is 0.467 e. The lowest BCUT2D eigenvalue weighted by molar-refractivity contribution is -0.154. The Morgan fingerprint density at radius 1 is 1.40 bits per heavy atom. The molecule has 12 heteroatoms. The first kappa shape index (κ1) is 18.9. The van der Waals surface area contributed by atoms with E-state index < -0.39 is 30.5 Å². The van der Waals surface area contributed by atoms with Crippen molar-refractivity contribution in [2.24, 2.45) is 5.73 Å². The fraction of sp³-hybridized carbons (Fsp3) is 0.231. The summed E-state index contributed by atoms with van der Waals surface area (Å²) in [6.45, 7) is -1.55. The molecular weight excluding hydrogens is 385 g/mol. The van der Waals surface area contributed by atoms with Crippen molar-refractivity contribution in [3.8, 4) is 5.88 Å². The first-order chi connectivity index (χ1) is 11.6. The fourth-order valence-corrected chi connectivity index (χ4v) is 2.53. The van der Waals surface area contributed by atoms with Gasteiger partial charge in [-0.3, -0.25) is 14.9 Å². The van der Waals surface area contributed by atoms with Crippen LogP contribution < -0.4 is 15.8 Å². The van der Waals surface area contributed by atoms with E-state index in [0.29, 0.717) is 5.69 Å². The second-order valence-electron chi connectivity index (χ2n) is 4.66. The van der Waals surface area contributed by atoms with Crippen LogP contribution >= 0.6 is 22.9 Å². The van der Waals surface area contributed by atoms with Crippen molar-refractivity contribution < 1.29 is 27.5 Å². The molecule has 0 saturated heterocycles. The quantitative estimate of drug-likeness (QED) is 0.782. The molecule has 0 aliphatic heterocycles. The molecule has 2 amide bonds. The number of ether oxygens (including phenoxy) is 1. The molecule has 25 heavy (non-hydrogen) atoms. The molecule has 0 unspecified atom stereocenters. The topological polar surface area (TPSA) is 107 Å². The second kappa shape index (κ2) is 7.66. The van der Waals surface area contributed by atoms with E-state index in [4.69, 9.17) is 17.3 Å². The molecule has 7 nitrogen and oxygen atoms in total. The number of amides is 2. The van der Waals surface area contributed by atoms with E-state index in [-0.39, 0.29) is 22.1 Å². The summed E-state index contributed by atoms with van der Waals surface area (Å²) in [6.07, 6.45) is -3.58. The number of carbonyl (C=O) groups is 2. The minimum Gasteiger partial charge on any atom is -0.467 e. The second-order valence-corrected chi connectivity index (χ2v) is 5.92. The lowest BCUT2D eigenvalue weighted by Crippen LogP contribution is -2.20. The van der Waals surface area contributed by atoms with Crippen LogP contribution in [0.25, 0.3) is 0 Å². The predicted octanol–water partition coefficient (Wildman–Crippen LogP) is 2.41. The molecule has 0 bridgehead atoms. The minimum atomic E-state index is -4.53. The van der Waals surface area contributed by atoms with Crippen LogP contribution in [0.4, 0.5) is 18.3 Å². The van der Waals surface area contributed by atoms with Gasteiger partial charge >= 0.3 is 6.18 Å². The lowest BCUT2D eigenvalue weighted by Gasteiger charge is -2.10. The van der Waals surface area contributed by atoms with Gasteiger partial charge in [-0.1, -0.05) is 11.6 Å². The average molecular weight is 395 g/mol. The number of carbonyl (C=O) groups excluding carboxylic acids is 2. The Morgan fingerprint density at radius 3 is 2.72 bits per heavy atom. The van der Waals surface area contributed by atoms with Gasteiger partial charge in [-0.2, -0.15) is 13.2 Å². The Labute approximate surface area is 148 Å². The number of thiazole rings is 1. The summed E-state index contributed by atoms with van der Waals surface area (Å²) in [5.74, 6) is -1.63. The van der Waals surface area contributed by atoms with Gasteiger partial charge in [0.05, 0.1) is 17.7 Å². The van der Waals surface area contributed by atoms with Crippen LogP contribution in [0.15, 0.2) is 17.6 Å². The number of hydrogen-bond acceptors (Lipinski definition) is 6. The van der Waals surface area contributed by atoms with Crippen LogP contribution in [-0.2, 0) is 11.2 Å². The number of aromatic nitrogens is 2. The molecule has 0 atom stereocenters. The smallest absolute Gasteiger partial charge is 0.422 e. The summed E-state index contributed by atoms with van der Waals surface area (Å²) in [6, 6.07) is 1.12. The van der Waals surface area contributed by atoms with Crippen molar-refractivity contribution in [3.63, 3.8) is 0 Å². The molecule has 0 aromatic carbocycles. The van der Waals surface area contributed by atoms with Crippen LogP contribution in [0.5, 0.6) is 5.88 Å². The highest BCUT2D eigenvalue weighted by molar-refractivity contribution is 7.14. The van der Waals surface area contributed by atoms with Crippen molar-refractivity contribution >= 4 is 39.9 Å². The summed E-state index contributed by atoms with van der Waals surface area (Å²) < 4.78 is 40.8. The van der Waals surface area contributed by atoms with Crippen LogP contribution in [0.2, 0.25) is 5.02 Å². The number of anilines is 1. The molecule has 2 aromatic rings. The average Bonchev–Trinajstić information content (AvgIpc) is 2.91. The summed E-state index contributed by atoms with van der Waals surface area (Å²) in [4.78, 5) is 30.5. The van der Waals surface area contributed by atoms with E-state index >= 15 is 0 Å². The number of halogens is 4. The number of nitrogens with one attached hydrogen (secondary N) is 1. The van der Waals surface area contributed by atoms with Gasteiger partial charge in [0.1, 0.15) is 5.02 Å². The maximum atomic E-state index is 12.1. The SMILES string of the molecule is NC(=O)Cc1csc(NC(=O)c2cnc(OCC(F)(F)F)c(Cl)c2)n1. The monoisotopic (exact) mass is 394 g/mol. The molecule has 0 spiro atoms. The minimum absolute atomic E-state index is 0.00369. The molecule has 2 aromatic heterocycles. The number of nitrogens with two attached hydrogens (primary N) is 1. The van der Waals surface area contributed by atoms with Gasteiger partial charge in [-0.05, 0) is 6.07 Å². The molecule has 0 radical (unpaired) electrons. The molecule has 3 N–H and O–H groups in total. The van der Waals surface area contributed by atoms with Crippen LogP contribution in [-0.4, -0.2) is 34.6 Å². The molecule has 134 valence electrons. The highest BCUT2D eigenvalue weighted by atomic mass is 35.5. The number of rotatable bonds is 6. The third-order valence-corrected chi connectivity index (χ3v) is 3.65. The van der Waals surface area contributed by atoms with Gasteiger partial charge in [0.15, 0.2) is 11.7 Å². The van der Waals surface area contributed by atoms with E-state index in [1.165, 1.54) is 0 Å². The Kier molecular flexibility index (Phi) is 5.80. The zero-order valence-corrected chi connectivity index (χ0v) is 13.8. The van der Waals surface area contributed by atoms with Crippen molar-refractivity contribution in [1.82, 2.24) is 9.97 Å². The van der Waals surface area contributed by atoms with Crippen molar-refractivity contribution in [3.05, 3.63) is 33.9 Å². The number of nitrogens with zero attached hydrogens (tertiary/aromatic N) is 2. The Hall–Kier alpha value is -2.40. The predicted molar refractivity (Wildman–Crippen MR) is 83.8 cm³/mol. The van der Waals surface area contributed by atoms with Gasteiger partial charge in [-0.15, -0.1) is 11.3 Å². The summed E-state index contributed by atoms with van der Waals surface area (Å²) in [5, 5.41) is 3.98. The normalized spacial score (nSPS) is 11.2. The van der Waals surface area contributed by atoms with Gasteiger partial charge in [0.25, 0.3) is 5.91 Å². The zero-order valence-electron chi connectivity index (χ0n) is 12.3. The van der Waals surface area contributed by atoms with E-state index in [2.05, 4.69) is 20.0 Å².